The van der Waals surface area contributed by atoms with Crippen LogP contribution in [-0.4, -0.2) is 27.5 Å². The summed E-state index contributed by atoms with van der Waals surface area (Å²) in [5, 5.41) is 3.72. The lowest BCUT2D eigenvalue weighted by molar-refractivity contribution is -0.189. The highest BCUT2D eigenvalue weighted by atomic mass is 35.5. The van der Waals surface area contributed by atoms with E-state index < -0.39 is 40.1 Å². The number of halogens is 5. The minimum Gasteiger partial charge on any atom is -0.464 e. The third-order valence-corrected chi connectivity index (χ3v) is 2.69. The number of aromatic nitrogens is 3. The van der Waals surface area contributed by atoms with Crippen molar-refractivity contribution in [3.05, 3.63) is 27.5 Å². The smallest absolute Gasteiger partial charge is 0.425 e. The zero-order valence-electron chi connectivity index (χ0n) is 9.76. The number of hydrogen-bond donors (Lipinski definition) is 1. The highest BCUT2D eigenvalue weighted by molar-refractivity contribution is 6.30. The molecule has 108 valence electrons. The number of alkyl halides is 3. The highest BCUT2D eigenvalue weighted by Crippen LogP contribution is 2.30. The van der Waals surface area contributed by atoms with E-state index in [0.717, 1.165) is 13.1 Å². The molecule has 2 aromatic rings. The van der Waals surface area contributed by atoms with Gasteiger partial charge in [-0.1, -0.05) is 11.6 Å². The Morgan fingerprint density at radius 2 is 2.10 bits per heavy atom. The average Bonchev–Trinajstić information content (AvgIpc) is 2.34. The van der Waals surface area contributed by atoms with Crippen LogP contribution in [0, 0.1) is 5.82 Å². The van der Waals surface area contributed by atoms with Crippen molar-refractivity contribution in [2.75, 3.05) is 0 Å². The summed E-state index contributed by atoms with van der Waals surface area (Å²) in [6, 6.07) is 0. The molecule has 0 spiro atoms. The molecule has 0 amide bonds. The van der Waals surface area contributed by atoms with E-state index in [9.17, 15) is 22.4 Å². The van der Waals surface area contributed by atoms with Crippen molar-refractivity contribution < 1.29 is 22.3 Å². The van der Waals surface area contributed by atoms with Crippen molar-refractivity contribution in [3.8, 4) is 5.88 Å². The SMILES string of the molecule is C[C@H](Oc1nc(Cl)c(F)c2cn[nH]c(=O)c12)C(F)(F)F. The van der Waals surface area contributed by atoms with Gasteiger partial charge in [0.25, 0.3) is 5.56 Å². The van der Waals surface area contributed by atoms with Crippen LogP contribution in [0.4, 0.5) is 17.6 Å². The van der Waals surface area contributed by atoms with Crippen LogP contribution in [0.25, 0.3) is 10.8 Å². The predicted molar refractivity (Wildman–Crippen MR) is 61.3 cm³/mol. The molecule has 2 rings (SSSR count). The van der Waals surface area contributed by atoms with Crippen LogP contribution >= 0.6 is 11.6 Å². The summed E-state index contributed by atoms with van der Waals surface area (Å²) in [5.41, 5.74) is -0.935. The maximum atomic E-state index is 13.7. The summed E-state index contributed by atoms with van der Waals surface area (Å²) in [5.74, 6) is -1.77. The molecule has 5 nitrogen and oxygen atoms in total. The number of hydrogen-bond acceptors (Lipinski definition) is 4. The number of nitrogens with one attached hydrogen (secondary N) is 1. The Balaban J connectivity index is 2.65. The summed E-state index contributed by atoms with van der Waals surface area (Å²) in [7, 11) is 0. The number of nitrogens with zero attached hydrogens (tertiary/aromatic N) is 2. The van der Waals surface area contributed by atoms with Gasteiger partial charge in [-0.05, 0) is 6.92 Å². The lowest BCUT2D eigenvalue weighted by Crippen LogP contribution is -2.32. The molecule has 0 saturated heterocycles. The Hall–Kier alpha value is -1.90. The van der Waals surface area contributed by atoms with Crippen LogP contribution in [-0.2, 0) is 0 Å². The molecular weight excluding hydrogens is 306 g/mol. The third-order valence-electron chi connectivity index (χ3n) is 2.44. The van der Waals surface area contributed by atoms with Crippen LogP contribution in [0.5, 0.6) is 5.88 Å². The van der Waals surface area contributed by atoms with E-state index in [0.29, 0.717) is 0 Å². The molecule has 0 saturated carbocycles. The number of fused-ring (bicyclic) bond motifs is 1. The van der Waals surface area contributed by atoms with Crippen LogP contribution in [0.3, 0.4) is 0 Å². The molecule has 0 aliphatic heterocycles. The predicted octanol–water partition coefficient (Wildman–Crippen LogP) is 2.44. The van der Waals surface area contributed by atoms with Crippen molar-refractivity contribution in [2.45, 2.75) is 19.2 Å². The number of pyridine rings is 1. The summed E-state index contributed by atoms with van der Waals surface area (Å²) < 4.78 is 55.6. The molecule has 0 unspecified atom stereocenters. The molecule has 2 heterocycles. The van der Waals surface area contributed by atoms with Crippen LogP contribution < -0.4 is 10.3 Å². The van der Waals surface area contributed by atoms with Crippen molar-refractivity contribution in [2.24, 2.45) is 0 Å². The van der Waals surface area contributed by atoms with Crippen LogP contribution in [0.1, 0.15) is 6.92 Å². The van der Waals surface area contributed by atoms with E-state index in [1.807, 2.05) is 5.10 Å². The van der Waals surface area contributed by atoms with Gasteiger partial charge in [0, 0.05) is 0 Å². The van der Waals surface area contributed by atoms with Crippen molar-refractivity contribution >= 4 is 22.4 Å². The molecule has 2 aromatic heterocycles. The minimum absolute atomic E-state index is 0.377. The van der Waals surface area contributed by atoms with Gasteiger partial charge in [-0.3, -0.25) is 4.79 Å². The summed E-state index contributed by atoms with van der Waals surface area (Å²) in [6.07, 6.45) is -6.01. The normalized spacial score (nSPS) is 13.5. The molecule has 0 aliphatic rings. The quantitative estimate of drug-likeness (QED) is 0.683. The zero-order valence-corrected chi connectivity index (χ0v) is 10.5. The molecule has 0 aromatic carbocycles. The van der Waals surface area contributed by atoms with Gasteiger partial charge in [0.2, 0.25) is 5.88 Å². The fraction of sp³-hybridized carbons (Fsp3) is 0.300. The zero-order chi connectivity index (χ0) is 15.1. The van der Waals surface area contributed by atoms with Crippen LogP contribution in [0.2, 0.25) is 5.15 Å². The van der Waals surface area contributed by atoms with E-state index >= 15 is 0 Å². The van der Waals surface area contributed by atoms with Gasteiger partial charge in [-0.2, -0.15) is 23.3 Å². The summed E-state index contributed by atoms with van der Waals surface area (Å²) in [4.78, 5) is 14.9. The molecule has 10 heteroatoms. The van der Waals surface area contributed by atoms with Gasteiger partial charge >= 0.3 is 6.18 Å². The summed E-state index contributed by atoms with van der Waals surface area (Å²) >= 11 is 5.46. The van der Waals surface area contributed by atoms with Gasteiger partial charge in [0.15, 0.2) is 17.1 Å². The number of ether oxygens (including phenoxy) is 1. The van der Waals surface area contributed by atoms with E-state index in [-0.39, 0.29) is 5.39 Å². The highest BCUT2D eigenvalue weighted by Gasteiger charge is 2.39. The monoisotopic (exact) mass is 311 g/mol. The Morgan fingerprint density at radius 1 is 1.45 bits per heavy atom. The van der Waals surface area contributed by atoms with Gasteiger partial charge < -0.3 is 4.74 Å². The fourth-order valence-electron chi connectivity index (χ4n) is 1.40. The van der Waals surface area contributed by atoms with Crippen molar-refractivity contribution in [1.29, 1.82) is 0 Å². The Kier molecular flexibility index (Phi) is 3.55. The molecule has 1 atom stereocenters. The van der Waals surface area contributed by atoms with E-state index in [1.165, 1.54) is 0 Å². The van der Waals surface area contributed by atoms with Gasteiger partial charge in [-0.15, -0.1) is 0 Å². The van der Waals surface area contributed by atoms with Gasteiger partial charge in [0.05, 0.1) is 11.6 Å². The summed E-state index contributed by atoms with van der Waals surface area (Å²) in [6.45, 7) is 0.722. The third kappa shape index (κ3) is 2.53. The molecule has 0 radical (unpaired) electrons. The Bertz CT molecular complexity index is 716. The first-order valence-corrected chi connectivity index (χ1v) is 5.55. The van der Waals surface area contributed by atoms with E-state index in [4.69, 9.17) is 11.6 Å². The molecular formula is C10H6ClF4N3O2. The molecule has 0 bridgehead atoms. The Morgan fingerprint density at radius 3 is 2.70 bits per heavy atom. The first-order chi connectivity index (χ1) is 9.21. The molecule has 0 fully saturated rings. The standard InChI is InChI=1S/C10H6ClF4N3O2/c1-3(10(13,14)15)20-9-5-4(2-16-18-8(5)19)6(12)7(11)17-9/h2-3H,1H3,(H,18,19)/t3-/m0/s1. The van der Waals surface area contributed by atoms with Crippen LogP contribution in [0.15, 0.2) is 11.0 Å². The second-order valence-corrected chi connectivity index (χ2v) is 4.17. The topological polar surface area (TPSA) is 67.9 Å². The maximum Gasteiger partial charge on any atom is 0.425 e. The average molecular weight is 312 g/mol. The first kappa shape index (κ1) is 14.5. The fourth-order valence-corrected chi connectivity index (χ4v) is 1.58. The van der Waals surface area contributed by atoms with E-state index in [1.54, 1.807) is 0 Å². The van der Waals surface area contributed by atoms with Gasteiger partial charge in [0.1, 0.15) is 5.39 Å². The number of rotatable bonds is 2. The maximum absolute atomic E-state index is 13.7. The van der Waals surface area contributed by atoms with E-state index in [2.05, 4.69) is 14.8 Å². The Labute approximate surface area is 113 Å². The molecule has 0 aliphatic carbocycles. The van der Waals surface area contributed by atoms with Crippen molar-refractivity contribution in [3.63, 3.8) is 0 Å². The van der Waals surface area contributed by atoms with Gasteiger partial charge in [-0.25, -0.2) is 9.49 Å². The molecule has 1 N–H and O–H groups in total. The molecule has 20 heavy (non-hydrogen) atoms. The van der Waals surface area contributed by atoms with Crippen molar-refractivity contribution in [1.82, 2.24) is 15.2 Å². The minimum atomic E-state index is -4.67. The number of aromatic amines is 1. The number of H-pyrrole nitrogens is 1. The second kappa shape index (κ2) is 4.89. The largest absolute Gasteiger partial charge is 0.464 e. The second-order valence-electron chi connectivity index (χ2n) is 3.81. The first-order valence-electron chi connectivity index (χ1n) is 5.17. The lowest BCUT2D eigenvalue weighted by atomic mass is 10.2. The lowest BCUT2D eigenvalue weighted by Gasteiger charge is -2.17.